The molecule has 0 spiro atoms. The van der Waals surface area contributed by atoms with Gasteiger partial charge in [-0.25, -0.2) is 4.79 Å². The molecule has 0 aromatic heterocycles. The summed E-state index contributed by atoms with van der Waals surface area (Å²) in [5.74, 6) is -1.74. The number of esters is 1. The molecule has 1 N–H and O–H groups in total. The third kappa shape index (κ3) is 5.29. The smallest absolute Gasteiger partial charge is 0.333 e. The van der Waals surface area contributed by atoms with Crippen molar-refractivity contribution in [1.82, 2.24) is 5.32 Å². The molecular weight excluding hydrogens is 210 g/mol. The molecule has 0 rings (SSSR count). The molecule has 1 atom stereocenters. The third-order valence-corrected chi connectivity index (χ3v) is 1.91. The van der Waals surface area contributed by atoms with Crippen LogP contribution < -0.4 is 5.32 Å². The van der Waals surface area contributed by atoms with Gasteiger partial charge in [0, 0.05) is 12.5 Å². The Morgan fingerprint density at radius 2 is 1.88 bits per heavy atom. The number of rotatable bonds is 6. The van der Waals surface area contributed by atoms with Gasteiger partial charge in [0.05, 0.1) is 6.04 Å². The normalized spacial score (nSPS) is 11.4. The molecule has 0 aliphatic rings. The lowest BCUT2D eigenvalue weighted by atomic mass is 10.2. The van der Waals surface area contributed by atoms with Gasteiger partial charge in [0.1, 0.15) is 6.61 Å². The highest BCUT2D eigenvalue weighted by atomic mass is 16.5. The molecule has 16 heavy (non-hydrogen) atoms. The van der Waals surface area contributed by atoms with Crippen LogP contribution in [0.2, 0.25) is 0 Å². The fourth-order valence-electron chi connectivity index (χ4n) is 0.848. The van der Waals surface area contributed by atoms with Crippen LogP contribution in [0.5, 0.6) is 0 Å². The molecule has 0 aromatic rings. The van der Waals surface area contributed by atoms with Gasteiger partial charge in [0.15, 0.2) is 0 Å². The van der Waals surface area contributed by atoms with Crippen LogP contribution in [0.15, 0.2) is 12.2 Å². The van der Waals surface area contributed by atoms with E-state index in [0.717, 1.165) is 0 Å². The number of ether oxygens (including phenoxy) is 1. The maximum atomic E-state index is 11.1. The van der Waals surface area contributed by atoms with Crippen LogP contribution in [0.1, 0.15) is 27.2 Å². The molecule has 0 bridgehead atoms. The number of carbonyl (C=O) groups is 3. The topological polar surface area (TPSA) is 72.5 Å². The fraction of sp³-hybridized carbons (Fsp3) is 0.545. The van der Waals surface area contributed by atoms with E-state index in [1.165, 1.54) is 13.8 Å². The molecule has 0 aromatic carbocycles. The molecule has 0 heterocycles. The van der Waals surface area contributed by atoms with E-state index in [4.69, 9.17) is 4.74 Å². The molecule has 5 nitrogen and oxygen atoms in total. The van der Waals surface area contributed by atoms with Crippen LogP contribution >= 0.6 is 0 Å². The van der Waals surface area contributed by atoms with Crippen molar-refractivity contribution in [3.05, 3.63) is 12.2 Å². The first-order chi connectivity index (χ1) is 7.38. The third-order valence-electron chi connectivity index (χ3n) is 1.91. The van der Waals surface area contributed by atoms with Crippen molar-refractivity contribution >= 4 is 17.7 Å². The number of amides is 1. The van der Waals surface area contributed by atoms with Gasteiger partial charge in [-0.05, 0) is 13.3 Å². The second-order valence-electron chi connectivity index (χ2n) is 3.51. The minimum absolute atomic E-state index is 0.0429. The largest absolute Gasteiger partial charge is 0.460 e. The summed E-state index contributed by atoms with van der Waals surface area (Å²) in [6.07, 6.45) is 0.572. The van der Waals surface area contributed by atoms with Crippen molar-refractivity contribution in [2.45, 2.75) is 33.2 Å². The van der Waals surface area contributed by atoms with Crippen LogP contribution in [0.4, 0.5) is 0 Å². The van der Waals surface area contributed by atoms with Gasteiger partial charge >= 0.3 is 5.97 Å². The van der Waals surface area contributed by atoms with Crippen molar-refractivity contribution in [2.24, 2.45) is 0 Å². The summed E-state index contributed by atoms with van der Waals surface area (Å²) < 4.78 is 4.87. The average Bonchev–Trinajstić information content (AvgIpc) is 2.22. The highest BCUT2D eigenvalue weighted by Gasteiger charge is 2.15. The molecule has 1 unspecified atom stereocenters. The van der Waals surface area contributed by atoms with E-state index in [0.29, 0.717) is 12.0 Å². The molecule has 1 amide bonds. The van der Waals surface area contributed by atoms with Gasteiger partial charge in [-0.2, -0.15) is 0 Å². The van der Waals surface area contributed by atoms with Gasteiger partial charge in [-0.1, -0.05) is 13.5 Å². The summed E-state index contributed by atoms with van der Waals surface area (Å²) in [5.41, 5.74) is 0.299. The van der Waals surface area contributed by atoms with Crippen LogP contribution in [0, 0.1) is 0 Å². The highest BCUT2D eigenvalue weighted by molar-refractivity contribution is 6.35. The Morgan fingerprint density at radius 1 is 1.31 bits per heavy atom. The first-order valence-electron chi connectivity index (χ1n) is 5.02. The SMILES string of the molecule is C=C(C)C(=O)OCC(CC)NC(=O)C(C)=O. The Morgan fingerprint density at radius 3 is 2.25 bits per heavy atom. The zero-order chi connectivity index (χ0) is 12.7. The highest BCUT2D eigenvalue weighted by Crippen LogP contribution is 1.97. The van der Waals surface area contributed by atoms with Gasteiger partial charge in [-0.15, -0.1) is 0 Å². The van der Waals surface area contributed by atoms with Gasteiger partial charge in [0.2, 0.25) is 5.78 Å². The van der Waals surface area contributed by atoms with Crippen LogP contribution in [-0.2, 0) is 19.1 Å². The molecule has 0 radical (unpaired) electrons. The van der Waals surface area contributed by atoms with Gasteiger partial charge in [0.25, 0.3) is 5.91 Å². The van der Waals surface area contributed by atoms with Crippen molar-refractivity contribution in [1.29, 1.82) is 0 Å². The Kier molecular flexibility index (Phi) is 6.07. The first-order valence-corrected chi connectivity index (χ1v) is 5.02. The van der Waals surface area contributed by atoms with Gasteiger partial charge < -0.3 is 10.1 Å². The Balaban J connectivity index is 4.11. The van der Waals surface area contributed by atoms with Crippen molar-refractivity contribution in [3.63, 3.8) is 0 Å². The van der Waals surface area contributed by atoms with Crippen LogP contribution in [0.25, 0.3) is 0 Å². The maximum Gasteiger partial charge on any atom is 0.333 e. The molecule has 0 fully saturated rings. The van der Waals surface area contributed by atoms with E-state index >= 15 is 0 Å². The number of nitrogens with one attached hydrogen (secondary N) is 1. The zero-order valence-corrected chi connectivity index (χ0v) is 9.83. The number of Topliss-reactive ketones (excluding diaryl/α,β-unsaturated/α-hetero) is 1. The monoisotopic (exact) mass is 227 g/mol. The first kappa shape index (κ1) is 14.3. The summed E-state index contributed by atoms with van der Waals surface area (Å²) in [6, 6.07) is -0.347. The standard InChI is InChI=1S/C11H17NO4/c1-5-9(12-10(14)8(4)13)6-16-11(15)7(2)3/h9H,2,5-6H2,1,3-4H3,(H,12,14). The molecule has 5 heteroatoms. The molecule has 0 aliphatic heterocycles. The lowest BCUT2D eigenvalue weighted by Gasteiger charge is -2.15. The molecule has 0 saturated heterocycles. The second-order valence-corrected chi connectivity index (χ2v) is 3.51. The predicted molar refractivity (Wildman–Crippen MR) is 58.7 cm³/mol. The minimum atomic E-state index is -0.668. The van der Waals surface area contributed by atoms with E-state index in [9.17, 15) is 14.4 Å². The van der Waals surface area contributed by atoms with E-state index in [-0.39, 0.29) is 12.6 Å². The Bertz CT molecular complexity index is 309. The zero-order valence-electron chi connectivity index (χ0n) is 9.83. The number of hydrogen-bond acceptors (Lipinski definition) is 4. The summed E-state index contributed by atoms with van der Waals surface area (Å²) in [7, 11) is 0. The second kappa shape index (κ2) is 6.76. The molecule has 0 aliphatic carbocycles. The summed E-state index contributed by atoms with van der Waals surface area (Å²) in [4.78, 5) is 32.9. The van der Waals surface area contributed by atoms with E-state index in [1.807, 2.05) is 6.92 Å². The van der Waals surface area contributed by atoms with Crippen molar-refractivity contribution < 1.29 is 19.1 Å². The van der Waals surface area contributed by atoms with E-state index in [1.54, 1.807) is 0 Å². The number of hydrogen-bond donors (Lipinski definition) is 1. The van der Waals surface area contributed by atoms with Crippen LogP contribution in [0.3, 0.4) is 0 Å². The summed E-state index contributed by atoms with van der Waals surface area (Å²) >= 11 is 0. The minimum Gasteiger partial charge on any atom is -0.460 e. The summed E-state index contributed by atoms with van der Waals surface area (Å²) in [6.45, 7) is 8.02. The number of ketones is 1. The maximum absolute atomic E-state index is 11.1. The summed E-state index contributed by atoms with van der Waals surface area (Å²) in [5, 5.41) is 2.47. The molecule has 90 valence electrons. The average molecular weight is 227 g/mol. The Labute approximate surface area is 94.8 Å². The predicted octanol–water partition coefficient (Wildman–Crippen LogP) is 0.589. The number of carbonyl (C=O) groups excluding carboxylic acids is 3. The molecule has 0 saturated carbocycles. The fourth-order valence-corrected chi connectivity index (χ4v) is 0.848. The van der Waals surface area contributed by atoms with Crippen molar-refractivity contribution in [2.75, 3.05) is 6.61 Å². The van der Waals surface area contributed by atoms with E-state index in [2.05, 4.69) is 11.9 Å². The van der Waals surface area contributed by atoms with Crippen LogP contribution in [-0.4, -0.2) is 30.3 Å². The lowest BCUT2D eigenvalue weighted by molar-refractivity contribution is -0.141. The molecular formula is C11H17NO4. The quantitative estimate of drug-likeness (QED) is 0.409. The van der Waals surface area contributed by atoms with E-state index < -0.39 is 17.7 Å². The Hall–Kier alpha value is -1.65. The lowest BCUT2D eigenvalue weighted by Crippen LogP contribution is -2.41. The van der Waals surface area contributed by atoms with Gasteiger partial charge in [-0.3, -0.25) is 9.59 Å². The van der Waals surface area contributed by atoms with Crippen molar-refractivity contribution in [3.8, 4) is 0 Å².